The zero-order valence-electron chi connectivity index (χ0n) is 15.5. The van der Waals surface area contributed by atoms with Crippen LogP contribution in [0, 0.1) is 0 Å². The molecule has 0 fully saturated rings. The maximum absolute atomic E-state index is 5.92. The summed E-state index contributed by atoms with van der Waals surface area (Å²) in [5.41, 5.74) is 2.22. The largest absolute Gasteiger partial charge is 0.358 e. The monoisotopic (exact) mass is 350 g/mol. The molecule has 0 aromatic heterocycles. The van der Waals surface area contributed by atoms with E-state index in [9.17, 15) is 0 Å². The summed E-state index contributed by atoms with van der Waals surface area (Å²) < 4.78 is 5.92. The highest BCUT2D eigenvalue weighted by Crippen LogP contribution is 2.44. The van der Waals surface area contributed by atoms with Crippen molar-refractivity contribution in [3.05, 3.63) is 35.4 Å². The Bertz CT molecular complexity index is 562. The number of benzene rings is 1. The summed E-state index contributed by atoms with van der Waals surface area (Å²) >= 11 is 5.67. The first-order valence-electron chi connectivity index (χ1n) is 8.81. The van der Waals surface area contributed by atoms with E-state index in [2.05, 4.69) is 43.9 Å². The van der Waals surface area contributed by atoms with Crippen LogP contribution in [0.25, 0.3) is 0 Å². The molecule has 2 atom stereocenters. The molecule has 24 heavy (non-hydrogen) atoms. The Morgan fingerprint density at radius 1 is 1.17 bits per heavy atom. The van der Waals surface area contributed by atoms with Crippen LogP contribution in [0.5, 0.6) is 0 Å². The third-order valence-electron chi connectivity index (χ3n) is 5.40. The van der Waals surface area contributed by atoms with E-state index in [-0.39, 0.29) is 11.6 Å². The number of methoxy groups -OCH3 is 1. The van der Waals surface area contributed by atoms with Crippen molar-refractivity contribution in [3.8, 4) is 0 Å². The van der Waals surface area contributed by atoms with Crippen LogP contribution in [0.4, 0.5) is 0 Å². The zero-order chi connectivity index (χ0) is 17.7. The van der Waals surface area contributed by atoms with Gasteiger partial charge in [-0.1, -0.05) is 57.3 Å². The van der Waals surface area contributed by atoms with Crippen molar-refractivity contribution in [2.45, 2.75) is 45.3 Å². The molecule has 0 N–H and O–H groups in total. The van der Waals surface area contributed by atoms with Crippen LogP contribution in [0.2, 0.25) is 0 Å². The summed E-state index contributed by atoms with van der Waals surface area (Å²) in [7, 11) is 3.41. The minimum atomic E-state index is -0.217. The fourth-order valence-electron chi connectivity index (χ4n) is 3.88. The molecule has 5 heteroatoms. The van der Waals surface area contributed by atoms with Crippen LogP contribution in [-0.2, 0) is 15.0 Å². The van der Waals surface area contributed by atoms with Crippen LogP contribution < -0.4 is 0 Å². The van der Waals surface area contributed by atoms with Crippen molar-refractivity contribution in [1.29, 1.82) is 0 Å². The van der Waals surface area contributed by atoms with Crippen molar-refractivity contribution in [3.63, 3.8) is 0 Å². The molecule has 1 aromatic carbocycles. The summed E-state index contributed by atoms with van der Waals surface area (Å²) in [5, 5.41) is 1.77. The molecule has 0 bridgehead atoms. The van der Waals surface area contributed by atoms with Gasteiger partial charge in [-0.3, -0.25) is 4.84 Å². The Labute approximate surface area is 151 Å². The van der Waals surface area contributed by atoms with Gasteiger partial charge in [-0.15, -0.1) is 0 Å². The van der Waals surface area contributed by atoms with Gasteiger partial charge in [0.1, 0.15) is 4.99 Å². The summed E-state index contributed by atoms with van der Waals surface area (Å²) in [6.07, 6.45) is 1.75. The number of hydrogen-bond acceptors (Lipinski definition) is 4. The van der Waals surface area contributed by atoms with Crippen molar-refractivity contribution in [2.24, 2.45) is 0 Å². The molecule has 0 amide bonds. The highest BCUT2D eigenvalue weighted by atomic mass is 32.1. The van der Waals surface area contributed by atoms with E-state index >= 15 is 0 Å². The molecule has 0 saturated heterocycles. The maximum Gasteiger partial charge on any atom is 0.164 e. The van der Waals surface area contributed by atoms with Gasteiger partial charge in [0.2, 0.25) is 0 Å². The van der Waals surface area contributed by atoms with Crippen molar-refractivity contribution >= 4 is 17.2 Å². The average Bonchev–Trinajstić information content (AvgIpc) is 2.63. The highest BCUT2D eigenvalue weighted by molar-refractivity contribution is 7.80. The molecule has 1 aliphatic heterocycles. The number of rotatable bonds is 8. The molecular weight excluding hydrogens is 320 g/mol. The first-order valence-corrected chi connectivity index (χ1v) is 9.22. The number of nitrogens with zero attached hydrogens (tertiary/aromatic N) is 2. The first-order chi connectivity index (χ1) is 11.6. The second-order valence-corrected chi connectivity index (χ2v) is 6.62. The predicted octanol–water partition coefficient (Wildman–Crippen LogP) is 3.59. The standard InChI is InChI=1S/C19H30N2O2S/c1-6-19(13-14-20(7-2)8-3)16-12-10-9-11-15(16)17(24)21(23-5)18(19)22-4/h9-12,18H,6-8,13-14H2,1-5H3. The number of ether oxygens (including phenoxy) is 1. The molecule has 2 rings (SSSR count). The average molecular weight is 351 g/mol. The third kappa shape index (κ3) is 3.23. The Balaban J connectivity index is 2.51. The van der Waals surface area contributed by atoms with Gasteiger partial charge in [0.15, 0.2) is 6.23 Å². The molecule has 0 aliphatic carbocycles. The van der Waals surface area contributed by atoms with Gasteiger partial charge in [0.25, 0.3) is 0 Å². The molecule has 0 spiro atoms. The van der Waals surface area contributed by atoms with E-state index in [0.717, 1.165) is 38.0 Å². The SMILES string of the molecule is CCN(CC)CCC1(CC)c2ccccc2C(=S)N(OC)C1OC. The summed E-state index contributed by atoms with van der Waals surface area (Å²) in [5.74, 6) is 0. The molecule has 2 unspecified atom stereocenters. The third-order valence-corrected chi connectivity index (χ3v) is 5.80. The lowest BCUT2D eigenvalue weighted by atomic mass is 9.69. The zero-order valence-corrected chi connectivity index (χ0v) is 16.4. The van der Waals surface area contributed by atoms with E-state index in [1.54, 1.807) is 19.3 Å². The van der Waals surface area contributed by atoms with Crippen LogP contribution in [0.15, 0.2) is 24.3 Å². The molecule has 134 valence electrons. The lowest BCUT2D eigenvalue weighted by molar-refractivity contribution is -0.209. The van der Waals surface area contributed by atoms with Gasteiger partial charge < -0.3 is 9.64 Å². The lowest BCUT2D eigenvalue weighted by Gasteiger charge is -2.49. The first kappa shape index (κ1) is 19.3. The van der Waals surface area contributed by atoms with E-state index in [1.807, 2.05) is 6.07 Å². The number of thiocarbonyl (C=S) groups is 1. The van der Waals surface area contributed by atoms with E-state index in [1.165, 1.54) is 5.56 Å². The smallest absolute Gasteiger partial charge is 0.164 e. The van der Waals surface area contributed by atoms with Gasteiger partial charge in [0, 0.05) is 18.1 Å². The van der Waals surface area contributed by atoms with Gasteiger partial charge in [-0.25, -0.2) is 5.06 Å². The van der Waals surface area contributed by atoms with Gasteiger partial charge in [-0.05, 0) is 38.0 Å². The van der Waals surface area contributed by atoms with Gasteiger partial charge >= 0.3 is 0 Å². The van der Waals surface area contributed by atoms with Crippen molar-refractivity contribution in [2.75, 3.05) is 33.9 Å². The summed E-state index contributed by atoms with van der Waals surface area (Å²) in [6, 6.07) is 8.43. The summed E-state index contributed by atoms with van der Waals surface area (Å²) in [6.45, 7) is 9.79. The highest BCUT2D eigenvalue weighted by Gasteiger charge is 2.49. The van der Waals surface area contributed by atoms with E-state index in [4.69, 9.17) is 21.8 Å². The van der Waals surface area contributed by atoms with Crippen LogP contribution >= 0.6 is 12.2 Å². The van der Waals surface area contributed by atoms with Crippen LogP contribution in [-0.4, -0.2) is 55.0 Å². The fraction of sp³-hybridized carbons (Fsp3) is 0.632. The Hall–Kier alpha value is -1.01. The molecule has 1 aliphatic rings. The minimum Gasteiger partial charge on any atom is -0.358 e. The van der Waals surface area contributed by atoms with Crippen molar-refractivity contribution < 1.29 is 9.57 Å². The topological polar surface area (TPSA) is 24.9 Å². The minimum absolute atomic E-state index is 0.147. The fourth-order valence-corrected chi connectivity index (χ4v) is 4.23. The maximum atomic E-state index is 5.92. The van der Waals surface area contributed by atoms with Gasteiger partial charge in [0.05, 0.1) is 7.11 Å². The van der Waals surface area contributed by atoms with Crippen molar-refractivity contribution in [1.82, 2.24) is 9.96 Å². The summed E-state index contributed by atoms with van der Waals surface area (Å²) in [4.78, 5) is 8.79. The second-order valence-electron chi connectivity index (χ2n) is 6.23. The predicted molar refractivity (Wildman–Crippen MR) is 102 cm³/mol. The molecule has 1 aromatic rings. The molecular formula is C19H30N2O2S. The van der Waals surface area contributed by atoms with E-state index < -0.39 is 0 Å². The molecule has 1 heterocycles. The number of fused-ring (bicyclic) bond motifs is 1. The Kier molecular flexibility index (Phi) is 6.75. The normalized spacial score (nSPS) is 23.7. The molecule has 0 radical (unpaired) electrons. The second kappa shape index (κ2) is 8.39. The number of hydrogen-bond donors (Lipinski definition) is 0. The Morgan fingerprint density at radius 3 is 2.38 bits per heavy atom. The van der Waals surface area contributed by atoms with Gasteiger partial charge in [-0.2, -0.15) is 0 Å². The quantitative estimate of drug-likeness (QED) is 0.667. The van der Waals surface area contributed by atoms with Crippen LogP contribution in [0.1, 0.15) is 44.7 Å². The van der Waals surface area contributed by atoms with Crippen LogP contribution in [0.3, 0.4) is 0 Å². The molecule has 4 nitrogen and oxygen atoms in total. The van der Waals surface area contributed by atoms with E-state index in [0.29, 0.717) is 4.99 Å². The molecule has 0 saturated carbocycles. The lowest BCUT2D eigenvalue weighted by Crippen LogP contribution is -2.58. The Morgan fingerprint density at radius 2 is 1.83 bits per heavy atom. The number of hydroxylamine groups is 2.